The molecule has 13 heavy (non-hydrogen) atoms. The van der Waals surface area contributed by atoms with Crippen molar-refractivity contribution in [2.45, 2.75) is 6.10 Å². The Labute approximate surface area is 85.4 Å². The van der Waals surface area contributed by atoms with Gasteiger partial charge < -0.3 is 5.11 Å². The maximum absolute atomic E-state index is 13.3. The monoisotopic (exact) mass is 220 g/mol. The minimum atomic E-state index is -1.13. The van der Waals surface area contributed by atoms with Crippen LogP contribution in [-0.2, 0) is 0 Å². The molecule has 0 bridgehead atoms. The van der Waals surface area contributed by atoms with Gasteiger partial charge in [-0.15, -0.1) is 6.58 Å². The molecule has 0 aromatic heterocycles. The normalized spacial score (nSPS) is 12.6. The minimum absolute atomic E-state index is 0.0378. The van der Waals surface area contributed by atoms with E-state index in [1.807, 2.05) is 0 Å². The lowest BCUT2D eigenvalue weighted by Crippen LogP contribution is -1.98. The largest absolute Gasteiger partial charge is 0.384 e. The third kappa shape index (κ3) is 2.02. The van der Waals surface area contributed by atoms with E-state index in [1.54, 1.807) is 0 Å². The summed E-state index contributed by atoms with van der Waals surface area (Å²) < 4.78 is 13.3. The number of hydrogen-bond acceptors (Lipinski definition) is 1. The first-order valence-electron chi connectivity index (χ1n) is 3.52. The topological polar surface area (TPSA) is 20.2 Å². The summed E-state index contributed by atoms with van der Waals surface area (Å²) in [7, 11) is 0. The van der Waals surface area contributed by atoms with E-state index in [0.717, 1.165) is 0 Å². The summed E-state index contributed by atoms with van der Waals surface area (Å²) in [6, 6.07) is 2.76. The zero-order valence-corrected chi connectivity index (χ0v) is 8.11. The fourth-order valence-electron chi connectivity index (χ4n) is 0.932. The Bertz CT molecular complexity index is 339. The molecular formula is C9H7Cl2FO. The van der Waals surface area contributed by atoms with Crippen LogP contribution in [0.4, 0.5) is 4.39 Å². The summed E-state index contributed by atoms with van der Waals surface area (Å²) in [5, 5.41) is 9.38. The number of aliphatic hydroxyl groups excluding tert-OH is 1. The predicted octanol–water partition coefficient (Wildman–Crippen LogP) is 3.35. The molecule has 70 valence electrons. The average molecular weight is 221 g/mol. The fraction of sp³-hybridized carbons (Fsp3) is 0.111. The lowest BCUT2D eigenvalue weighted by molar-refractivity contribution is 0.224. The molecule has 1 rings (SSSR count). The van der Waals surface area contributed by atoms with E-state index in [2.05, 4.69) is 6.58 Å². The van der Waals surface area contributed by atoms with E-state index < -0.39 is 11.9 Å². The molecule has 0 aliphatic carbocycles. The molecule has 0 heterocycles. The van der Waals surface area contributed by atoms with Crippen LogP contribution in [0.1, 0.15) is 11.7 Å². The molecule has 1 aromatic rings. The maximum atomic E-state index is 13.3. The van der Waals surface area contributed by atoms with Crippen molar-refractivity contribution in [3.8, 4) is 0 Å². The molecule has 0 radical (unpaired) electrons. The third-order valence-electron chi connectivity index (χ3n) is 1.60. The van der Waals surface area contributed by atoms with Gasteiger partial charge in [-0.25, -0.2) is 4.39 Å². The van der Waals surface area contributed by atoms with Crippen LogP contribution < -0.4 is 0 Å². The highest BCUT2D eigenvalue weighted by molar-refractivity contribution is 6.33. The Hall–Kier alpha value is -0.570. The number of halogens is 3. The number of benzene rings is 1. The van der Waals surface area contributed by atoms with Crippen LogP contribution in [0.15, 0.2) is 24.8 Å². The lowest BCUT2D eigenvalue weighted by atomic mass is 10.1. The van der Waals surface area contributed by atoms with Crippen molar-refractivity contribution < 1.29 is 9.50 Å². The molecule has 1 unspecified atom stereocenters. The molecule has 1 atom stereocenters. The van der Waals surface area contributed by atoms with Crippen LogP contribution >= 0.6 is 23.2 Å². The molecule has 0 saturated carbocycles. The van der Waals surface area contributed by atoms with Gasteiger partial charge in [-0.05, 0) is 12.1 Å². The van der Waals surface area contributed by atoms with Gasteiger partial charge in [-0.2, -0.15) is 0 Å². The summed E-state index contributed by atoms with van der Waals surface area (Å²) in [5.41, 5.74) is -0.0378. The van der Waals surface area contributed by atoms with Gasteiger partial charge in [0, 0.05) is 10.6 Å². The molecule has 4 heteroatoms. The Morgan fingerprint density at radius 3 is 2.46 bits per heavy atom. The Morgan fingerprint density at radius 1 is 1.38 bits per heavy atom. The van der Waals surface area contributed by atoms with Gasteiger partial charge in [-0.3, -0.25) is 0 Å². The summed E-state index contributed by atoms with van der Waals surface area (Å²) in [6.07, 6.45) is 0.0480. The Morgan fingerprint density at radius 2 is 1.92 bits per heavy atom. The van der Waals surface area contributed by atoms with Gasteiger partial charge in [0.2, 0.25) is 0 Å². The van der Waals surface area contributed by atoms with Gasteiger partial charge in [0.1, 0.15) is 11.9 Å². The number of rotatable bonds is 2. The standard InChI is InChI=1S/C9H7Cl2FO/c1-2-7(13)8-5(10)3-4-6(11)9(8)12/h2-4,7,13H,1H2. The highest BCUT2D eigenvalue weighted by atomic mass is 35.5. The van der Waals surface area contributed by atoms with Crippen LogP contribution in [0.2, 0.25) is 10.0 Å². The van der Waals surface area contributed by atoms with E-state index in [9.17, 15) is 9.50 Å². The SMILES string of the molecule is C=CC(O)c1c(Cl)ccc(Cl)c1F. The molecule has 0 aliphatic heterocycles. The number of hydrogen-bond donors (Lipinski definition) is 1. The van der Waals surface area contributed by atoms with E-state index in [0.29, 0.717) is 0 Å². The zero-order valence-electron chi connectivity index (χ0n) is 6.60. The first kappa shape index (κ1) is 10.5. The van der Waals surface area contributed by atoms with Crippen LogP contribution in [0, 0.1) is 5.82 Å². The van der Waals surface area contributed by atoms with E-state index in [-0.39, 0.29) is 15.6 Å². The van der Waals surface area contributed by atoms with Crippen molar-refractivity contribution in [1.82, 2.24) is 0 Å². The smallest absolute Gasteiger partial charge is 0.149 e. The summed E-state index contributed by atoms with van der Waals surface area (Å²) in [6.45, 7) is 3.33. The maximum Gasteiger partial charge on any atom is 0.149 e. The highest BCUT2D eigenvalue weighted by Crippen LogP contribution is 2.30. The molecule has 1 nitrogen and oxygen atoms in total. The van der Waals surface area contributed by atoms with Gasteiger partial charge in [0.25, 0.3) is 0 Å². The third-order valence-corrected chi connectivity index (χ3v) is 2.22. The van der Waals surface area contributed by atoms with E-state index >= 15 is 0 Å². The first-order valence-corrected chi connectivity index (χ1v) is 4.27. The van der Waals surface area contributed by atoms with Crippen molar-refractivity contribution in [3.05, 3.63) is 46.2 Å². The van der Waals surface area contributed by atoms with E-state index in [4.69, 9.17) is 23.2 Å². The van der Waals surface area contributed by atoms with E-state index in [1.165, 1.54) is 18.2 Å². The summed E-state index contributed by atoms with van der Waals surface area (Å²) >= 11 is 11.2. The van der Waals surface area contributed by atoms with Crippen molar-refractivity contribution in [2.75, 3.05) is 0 Å². The zero-order chi connectivity index (χ0) is 10.0. The second kappa shape index (κ2) is 4.09. The van der Waals surface area contributed by atoms with Crippen LogP contribution in [0.5, 0.6) is 0 Å². The highest BCUT2D eigenvalue weighted by Gasteiger charge is 2.16. The summed E-state index contributed by atoms with van der Waals surface area (Å²) in [5.74, 6) is -0.707. The minimum Gasteiger partial charge on any atom is -0.384 e. The van der Waals surface area contributed by atoms with Crippen molar-refractivity contribution in [2.24, 2.45) is 0 Å². The summed E-state index contributed by atoms with van der Waals surface area (Å²) in [4.78, 5) is 0. The predicted molar refractivity (Wildman–Crippen MR) is 51.6 cm³/mol. The molecule has 0 fully saturated rings. The first-order chi connectivity index (χ1) is 6.07. The second-order valence-corrected chi connectivity index (χ2v) is 3.25. The lowest BCUT2D eigenvalue weighted by Gasteiger charge is -2.09. The molecule has 1 N–H and O–H groups in total. The molecule has 0 saturated heterocycles. The van der Waals surface area contributed by atoms with Crippen LogP contribution in [0.25, 0.3) is 0 Å². The van der Waals surface area contributed by atoms with Crippen LogP contribution in [0.3, 0.4) is 0 Å². The quantitative estimate of drug-likeness (QED) is 0.599. The molecule has 0 amide bonds. The van der Waals surface area contributed by atoms with Gasteiger partial charge in [0.15, 0.2) is 0 Å². The molecule has 1 aromatic carbocycles. The second-order valence-electron chi connectivity index (χ2n) is 2.44. The molecule has 0 aliphatic rings. The molecular weight excluding hydrogens is 214 g/mol. The Kier molecular flexibility index (Phi) is 3.31. The Balaban J connectivity index is 3.32. The van der Waals surface area contributed by atoms with Crippen LogP contribution in [-0.4, -0.2) is 5.11 Å². The number of aliphatic hydroxyl groups is 1. The average Bonchev–Trinajstić information content (AvgIpc) is 2.12. The van der Waals surface area contributed by atoms with Crippen molar-refractivity contribution in [3.63, 3.8) is 0 Å². The van der Waals surface area contributed by atoms with Gasteiger partial charge in [0.05, 0.1) is 5.02 Å². The van der Waals surface area contributed by atoms with Gasteiger partial charge >= 0.3 is 0 Å². The van der Waals surface area contributed by atoms with Crippen molar-refractivity contribution in [1.29, 1.82) is 0 Å². The van der Waals surface area contributed by atoms with Crippen molar-refractivity contribution >= 4 is 23.2 Å². The molecule has 0 spiro atoms. The fourth-order valence-corrected chi connectivity index (χ4v) is 1.35. The van der Waals surface area contributed by atoms with Gasteiger partial charge in [-0.1, -0.05) is 29.3 Å².